The van der Waals surface area contributed by atoms with Crippen molar-refractivity contribution in [2.24, 2.45) is 0 Å². The maximum Gasteiger partial charge on any atom is 0.239 e. The maximum absolute atomic E-state index is 14.1. The minimum Gasteiger partial charge on any atom is -0.379 e. The molecule has 0 aromatic heterocycles. The first-order valence-corrected chi connectivity index (χ1v) is 7.36. The van der Waals surface area contributed by atoms with E-state index in [0.717, 1.165) is 19.0 Å². The third-order valence-electron chi connectivity index (χ3n) is 3.01. The van der Waals surface area contributed by atoms with Gasteiger partial charge in [-0.3, -0.25) is 4.79 Å². The van der Waals surface area contributed by atoms with Crippen LogP contribution in [0.2, 0.25) is 0 Å². The zero-order chi connectivity index (χ0) is 14.7. The van der Waals surface area contributed by atoms with Gasteiger partial charge in [0.2, 0.25) is 5.91 Å². The molecule has 1 fully saturated rings. The van der Waals surface area contributed by atoms with E-state index >= 15 is 0 Å². The normalized spacial score (nSPS) is 17.5. The van der Waals surface area contributed by atoms with Gasteiger partial charge < -0.3 is 16.0 Å². The van der Waals surface area contributed by atoms with Crippen molar-refractivity contribution in [3.8, 4) is 0 Å². The van der Waals surface area contributed by atoms with Crippen molar-refractivity contribution >= 4 is 44.8 Å². The molecule has 0 radical (unpaired) electrons. The Bertz CT molecular complexity index is 526. The van der Waals surface area contributed by atoms with E-state index in [1.807, 2.05) is 0 Å². The number of carbonyl (C=O) groups excluding carboxylic acids is 1. The smallest absolute Gasteiger partial charge is 0.239 e. The van der Waals surface area contributed by atoms with Crippen molar-refractivity contribution in [2.45, 2.75) is 12.5 Å². The fraction of sp³-hybridized carbons (Fsp3) is 0.417. The standard InChI is InChI=1S/C12H13BrClF2N3O/c13-7-3-8(15)11(19-9(20)4-14)12(10(7)16)18-5-6-1-2-17-6/h3,6,17-18H,1-2,4-5H2,(H,19,20)/t6-/m0/s1. The molecular weight excluding hydrogens is 356 g/mol. The molecule has 20 heavy (non-hydrogen) atoms. The van der Waals surface area contributed by atoms with Gasteiger partial charge in [0, 0.05) is 12.6 Å². The summed E-state index contributed by atoms with van der Waals surface area (Å²) in [6.07, 6.45) is 0.967. The summed E-state index contributed by atoms with van der Waals surface area (Å²) in [5.74, 6) is -2.32. The van der Waals surface area contributed by atoms with Crippen LogP contribution in [0.1, 0.15) is 6.42 Å². The lowest BCUT2D eigenvalue weighted by Gasteiger charge is -2.28. The van der Waals surface area contributed by atoms with Crippen LogP contribution in [0.5, 0.6) is 0 Å². The van der Waals surface area contributed by atoms with E-state index in [-0.39, 0.29) is 27.8 Å². The summed E-state index contributed by atoms with van der Waals surface area (Å²) in [7, 11) is 0. The summed E-state index contributed by atoms with van der Waals surface area (Å²) in [5.41, 5.74) is -0.306. The quantitative estimate of drug-likeness (QED) is 0.553. The Labute approximate surface area is 128 Å². The molecule has 0 spiro atoms. The fourth-order valence-corrected chi connectivity index (χ4v) is 2.27. The van der Waals surface area contributed by atoms with E-state index < -0.39 is 17.5 Å². The second-order valence-electron chi connectivity index (χ2n) is 4.41. The molecule has 4 nitrogen and oxygen atoms in total. The van der Waals surface area contributed by atoms with E-state index in [2.05, 4.69) is 31.9 Å². The fourth-order valence-electron chi connectivity index (χ4n) is 1.80. The van der Waals surface area contributed by atoms with Crippen LogP contribution in [-0.4, -0.2) is 30.9 Å². The van der Waals surface area contributed by atoms with Crippen molar-refractivity contribution in [3.63, 3.8) is 0 Å². The molecule has 0 unspecified atom stereocenters. The maximum atomic E-state index is 14.1. The van der Waals surface area contributed by atoms with Gasteiger partial charge in [0.1, 0.15) is 17.4 Å². The highest BCUT2D eigenvalue weighted by molar-refractivity contribution is 9.10. The summed E-state index contributed by atoms with van der Waals surface area (Å²) in [6, 6.07) is 1.18. The molecule has 1 amide bonds. The Balaban J connectivity index is 2.26. The number of hydrogen-bond donors (Lipinski definition) is 3. The summed E-state index contributed by atoms with van der Waals surface area (Å²) in [6.45, 7) is 1.36. The van der Waals surface area contributed by atoms with Gasteiger partial charge in [-0.05, 0) is 35.0 Å². The number of nitrogens with one attached hydrogen (secondary N) is 3. The zero-order valence-electron chi connectivity index (χ0n) is 10.4. The molecule has 8 heteroatoms. The third-order valence-corrected chi connectivity index (χ3v) is 3.83. The lowest BCUT2D eigenvalue weighted by molar-refractivity contribution is -0.113. The largest absolute Gasteiger partial charge is 0.379 e. The number of halogens is 4. The molecule has 1 aliphatic heterocycles. The molecule has 110 valence electrons. The van der Waals surface area contributed by atoms with E-state index in [0.29, 0.717) is 6.54 Å². The van der Waals surface area contributed by atoms with Crippen LogP contribution in [0.4, 0.5) is 20.2 Å². The van der Waals surface area contributed by atoms with Gasteiger partial charge in [0.25, 0.3) is 0 Å². The number of rotatable bonds is 5. The molecule has 0 saturated carbocycles. The molecule has 2 rings (SSSR count). The lowest BCUT2D eigenvalue weighted by Crippen LogP contribution is -2.47. The number of amides is 1. The average Bonchev–Trinajstić information content (AvgIpc) is 2.36. The van der Waals surface area contributed by atoms with Gasteiger partial charge in [0.15, 0.2) is 5.82 Å². The van der Waals surface area contributed by atoms with Crippen LogP contribution in [0, 0.1) is 11.6 Å². The molecule has 0 bridgehead atoms. The lowest BCUT2D eigenvalue weighted by atomic mass is 10.1. The molecule has 0 aliphatic carbocycles. The van der Waals surface area contributed by atoms with Crippen LogP contribution in [0.3, 0.4) is 0 Å². The van der Waals surface area contributed by atoms with Crippen LogP contribution < -0.4 is 16.0 Å². The van der Waals surface area contributed by atoms with E-state index in [9.17, 15) is 13.6 Å². The number of carbonyl (C=O) groups is 1. The van der Waals surface area contributed by atoms with Crippen molar-refractivity contribution in [1.82, 2.24) is 5.32 Å². The van der Waals surface area contributed by atoms with Crippen LogP contribution in [0.25, 0.3) is 0 Å². The van der Waals surface area contributed by atoms with Gasteiger partial charge in [-0.1, -0.05) is 0 Å². The van der Waals surface area contributed by atoms with E-state index in [4.69, 9.17) is 11.6 Å². The summed E-state index contributed by atoms with van der Waals surface area (Å²) < 4.78 is 28.0. The third kappa shape index (κ3) is 3.39. The van der Waals surface area contributed by atoms with Crippen molar-refractivity contribution < 1.29 is 13.6 Å². The first-order valence-electron chi connectivity index (χ1n) is 6.03. The van der Waals surface area contributed by atoms with Gasteiger partial charge in [-0.25, -0.2) is 8.78 Å². The molecule has 1 saturated heterocycles. The molecule has 1 heterocycles. The van der Waals surface area contributed by atoms with Crippen molar-refractivity contribution in [3.05, 3.63) is 22.2 Å². The van der Waals surface area contributed by atoms with Crippen LogP contribution >= 0.6 is 27.5 Å². The second-order valence-corrected chi connectivity index (χ2v) is 5.53. The minimum atomic E-state index is -0.735. The first-order chi connectivity index (χ1) is 9.52. The summed E-state index contributed by atoms with van der Waals surface area (Å²) >= 11 is 8.31. The molecule has 1 aliphatic rings. The minimum absolute atomic E-state index is 0.0112. The first kappa shape index (κ1) is 15.5. The van der Waals surface area contributed by atoms with Crippen LogP contribution in [0.15, 0.2) is 10.5 Å². The predicted molar refractivity (Wildman–Crippen MR) is 78.3 cm³/mol. The van der Waals surface area contributed by atoms with Gasteiger partial charge >= 0.3 is 0 Å². The topological polar surface area (TPSA) is 53.2 Å². The highest BCUT2D eigenvalue weighted by Crippen LogP contribution is 2.34. The molecule has 1 aromatic rings. The molecule has 1 atom stereocenters. The highest BCUT2D eigenvalue weighted by Gasteiger charge is 2.22. The number of benzene rings is 1. The van der Waals surface area contributed by atoms with Crippen LogP contribution in [-0.2, 0) is 4.79 Å². The number of hydrogen-bond acceptors (Lipinski definition) is 3. The SMILES string of the molecule is O=C(CCl)Nc1c(F)cc(Br)c(F)c1NC[C@@H]1CCN1. The zero-order valence-corrected chi connectivity index (χ0v) is 12.7. The Morgan fingerprint density at radius 2 is 2.20 bits per heavy atom. The van der Waals surface area contributed by atoms with Gasteiger partial charge in [0.05, 0.1) is 10.2 Å². The average molecular weight is 369 g/mol. The second kappa shape index (κ2) is 6.69. The van der Waals surface area contributed by atoms with Crippen molar-refractivity contribution in [1.29, 1.82) is 0 Å². The van der Waals surface area contributed by atoms with E-state index in [1.165, 1.54) is 0 Å². The highest BCUT2D eigenvalue weighted by atomic mass is 79.9. The number of alkyl halides is 1. The number of anilines is 2. The van der Waals surface area contributed by atoms with E-state index in [1.54, 1.807) is 0 Å². The summed E-state index contributed by atoms with van der Waals surface area (Å²) in [5, 5.41) is 8.23. The molecule has 1 aromatic carbocycles. The van der Waals surface area contributed by atoms with Crippen molar-refractivity contribution in [2.75, 3.05) is 29.6 Å². The molecule has 3 N–H and O–H groups in total. The summed E-state index contributed by atoms with van der Waals surface area (Å²) in [4.78, 5) is 11.3. The predicted octanol–water partition coefficient (Wildman–Crippen LogP) is 2.68. The Hall–Kier alpha value is -0.920. The Kier molecular flexibility index (Phi) is 5.17. The van der Waals surface area contributed by atoms with Gasteiger partial charge in [-0.15, -0.1) is 11.6 Å². The van der Waals surface area contributed by atoms with Gasteiger partial charge in [-0.2, -0.15) is 0 Å². The molecular formula is C12H13BrClF2N3O. The Morgan fingerprint density at radius 1 is 1.50 bits per heavy atom. The Morgan fingerprint density at radius 3 is 2.75 bits per heavy atom. The monoisotopic (exact) mass is 367 g/mol.